The Kier molecular flexibility index (Phi) is 17.1. The van der Waals surface area contributed by atoms with Gasteiger partial charge in [-0.2, -0.15) is 5.26 Å². The van der Waals surface area contributed by atoms with E-state index in [1.165, 1.54) is 70.3 Å². The largest absolute Gasteiger partial charge is 0.338 e. The molecule has 0 aliphatic heterocycles. The van der Waals surface area contributed by atoms with E-state index in [2.05, 4.69) is 13.8 Å². The van der Waals surface area contributed by atoms with E-state index in [0.29, 0.717) is 0 Å². The van der Waals surface area contributed by atoms with Crippen LogP contribution in [0, 0.1) is 11.3 Å². The SMILES string of the molecule is CC(=O)N(C(C)=O)C(=O)C#N.CCCCCCCCCCCC. The summed E-state index contributed by atoms with van der Waals surface area (Å²) in [5.74, 6) is -2.64. The van der Waals surface area contributed by atoms with Gasteiger partial charge in [-0.25, -0.2) is 4.90 Å². The van der Waals surface area contributed by atoms with Crippen LogP contribution in [-0.4, -0.2) is 22.6 Å². The van der Waals surface area contributed by atoms with Gasteiger partial charge in [0.2, 0.25) is 11.8 Å². The van der Waals surface area contributed by atoms with Gasteiger partial charge in [0, 0.05) is 13.8 Å². The number of hydrogen-bond donors (Lipinski definition) is 0. The number of unbranched alkanes of at least 4 members (excludes halogenated alkanes) is 9. The molecule has 23 heavy (non-hydrogen) atoms. The molecule has 0 radical (unpaired) electrons. The van der Waals surface area contributed by atoms with Crippen molar-refractivity contribution in [3.05, 3.63) is 0 Å². The third-order valence-electron chi connectivity index (χ3n) is 3.39. The number of amides is 3. The van der Waals surface area contributed by atoms with Crippen LogP contribution in [-0.2, 0) is 14.4 Å². The number of carbonyl (C=O) groups excluding carboxylic acids is 3. The first-order chi connectivity index (χ1) is 10.9. The van der Waals surface area contributed by atoms with Crippen molar-refractivity contribution in [2.75, 3.05) is 0 Å². The van der Waals surface area contributed by atoms with Crippen LogP contribution in [0.4, 0.5) is 0 Å². The van der Waals surface area contributed by atoms with E-state index < -0.39 is 17.7 Å². The highest BCUT2D eigenvalue weighted by molar-refractivity contribution is 6.14. The Hall–Kier alpha value is -1.70. The second-order valence-corrected chi connectivity index (χ2v) is 5.62. The summed E-state index contributed by atoms with van der Waals surface area (Å²) in [6, 6.07) is 1.17. The zero-order valence-corrected chi connectivity index (χ0v) is 15.2. The highest BCUT2D eigenvalue weighted by Crippen LogP contribution is 2.09. The van der Waals surface area contributed by atoms with Gasteiger partial charge in [0.15, 0.2) is 6.07 Å². The van der Waals surface area contributed by atoms with Crippen molar-refractivity contribution in [3.8, 4) is 6.07 Å². The molecule has 0 fully saturated rings. The normalized spacial score (nSPS) is 9.35. The molecule has 0 bridgehead atoms. The molecule has 0 rings (SSSR count). The van der Waals surface area contributed by atoms with Crippen LogP contribution >= 0.6 is 0 Å². The van der Waals surface area contributed by atoms with E-state index in [-0.39, 0.29) is 4.90 Å². The number of imide groups is 3. The van der Waals surface area contributed by atoms with Crippen LogP contribution in [0.5, 0.6) is 0 Å². The maximum Gasteiger partial charge on any atom is 0.338 e. The zero-order chi connectivity index (χ0) is 18.1. The second kappa shape index (κ2) is 16.7. The number of nitrogens with zero attached hydrogens (tertiary/aromatic N) is 2. The van der Waals surface area contributed by atoms with Crippen LogP contribution in [0.2, 0.25) is 0 Å². The molecular weight excluding hydrogens is 292 g/mol. The molecule has 5 heteroatoms. The van der Waals surface area contributed by atoms with Crippen molar-refractivity contribution in [2.45, 2.75) is 91.9 Å². The number of rotatable bonds is 9. The molecule has 0 aromatic rings. The Morgan fingerprint density at radius 2 is 1.04 bits per heavy atom. The molecule has 0 aromatic heterocycles. The maximum absolute atomic E-state index is 10.5. The Morgan fingerprint density at radius 3 is 1.22 bits per heavy atom. The van der Waals surface area contributed by atoms with E-state index in [1.54, 1.807) is 0 Å². The molecule has 132 valence electrons. The molecular formula is C18H32N2O3. The van der Waals surface area contributed by atoms with Gasteiger partial charge in [0.25, 0.3) is 0 Å². The van der Waals surface area contributed by atoms with Crippen LogP contribution in [0.3, 0.4) is 0 Å². The van der Waals surface area contributed by atoms with Gasteiger partial charge < -0.3 is 0 Å². The topological polar surface area (TPSA) is 78.2 Å². The smallest absolute Gasteiger partial charge is 0.274 e. The lowest BCUT2D eigenvalue weighted by molar-refractivity contribution is -0.149. The zero-order valence-electron chi connectivity index (χ0n) is 15.2. The molecule has 0 aliphatic carbocycles. The second-order valence-electron chi connectivity index (χ2n) is 5.62. The van der Waals surface area contributed by atoms with Crippen LogP contribution in [0.15, 0.2) is 0 Å². The predicted molar refractivity (Wildman–Crippen MR) is 91.3 cm³/mol. The summed E-state index contributed by atoms with van der Waals surface area (Å²) in [7, 11) is 0. The summed E-state index contributed by atoms with van der Waals surface area (Å²) < 4.78 is 0. The Labute approximate surface area is 141 Å². The molecule has 0 heterocycles. The minimum absolute atomic E-state index is 0.278. The van der Waals surface area contributed by atoms with E-state index in [9.17, 15) is 14.4 Å². The third kappa shape index (κ3) is 15.0. The van der Waals surface area contributed by atoms with Gasteiger partial charge >= 0.3 is 5.91 Å². The van der Waals surface area contributed by atoms with Crippen molar-refractivity contribution < 1.29 is 14.4 Å². The lowest BCUT2D eigenvalue weighted by Gasteiger charge is -2.08. The fraction of sp³-hybridized carbons (Fsp3) is 0.778. The Balaban J connectivity index is 0. The molecule has 0 N–H and O–H groups in total. The van der Waals surface area contributed by atoms with E-state index in [4.69, 9.17) is 5.26 Å². The summed E-state index contributed by atoms with van der Waals surface area (Å²) in [5, 5.41) is 8.06. The minimum atomic E-state index is -1.15. The molecule has 0 aliphatic rings. The van der Waals surface area contributed by atoms with Crippen molar-refractivity contribution in [1.29, 1.82) is 5.26 Å². The van der Waals surface area contributed by atoms with Gasteiger partial charge in [0.05, 0.1) is 0 Å². The molecule has 0 spiro atoms. The summed E-state index contributed by atoms with van der Waals surface area (Å²) in [4.78, 5) is 31.8. The van der Waals surface area contributed by atoms with Crippen molar-refractivity contribution in [3.63, 3.8) is 0 Å². The number of carbonyl (C=O) groups is 3. The molecule has 0 saturated heterocycles. The molecule has 0 saturated carbocycles. The highest BCUT2D eigenvalue weighted by Gasteiger charge is 2.21. The molecule has 0 unspecified atom stereocenters. The lowest BCUT2D eigenvalue weighted by atomic mass is 10.1. The lowest BCUT2D eigenvalue weighted by Crippen LogP contribution is -2.37. The van der Waals surface area contributed by atoms with Gasteiger partial charge in [-0.1, -0.05) is 78.1 Å². The fourth-order valence-electron chi connectivity index (χ4n) is 2.12. The molecule has 0 atom stereocenters. The first-order valence-electron chi connectivity index (χ1n) is 8.67. The first kappa shape index (κ1) is 23.6. The van der Waals surface area contributed by atoms with Gasteiger partial charge in [0.1, 0.15) is 0 Å². The minimum Gasteiger partial charge on any atom is -0.274 e. The van der Waals surface area contributed by atoms with Crippen LogP contribution in [0.25, 0.3) is 0 Å². The van der Waals surface area contributed by atoms with Gasteiger partial charge in [-0.3, -0.25) is 14.4 Å². The van der Waals surface area contributed by atoms with E-state index >= 15 is 0 Å². The highest BCUT2D eigenvalue weighted by atomic mass is 16.2. The Bertz CT molecular complexity index is 362. The number of nitriles is 1. The summed E-state index contributed by atoms with van der Waals surface area (Å²) >= 11 is 0. The fourth-order valence-corrected chi connectivity index (χ4v) is 2.12. The number of hydrogen-bond acceptors (Lipinski definition) is 4. The van der Waals surface area contributed by atoms with Crippen molar-refractivity contribution in [1.82, 2.24) is 4.90 Å². The molecule has 3 amide bonds. The quantitative estimate of drug-likeness (QED) is 0.466. The molecule has 5 nitrogen and oxygen atoms in total. The average molecular weight is 324 g/mol. The van der Waals surface area contributed by atoms with Crippen molar-refractivity contribution in [2.24, 2.45) is 0 Å². The summed E-state index contributed by atoms with van der Waals surface area (Å²) in [6.07, 6.45) is 14.4. The van der Waals surface area contributed by atoms with Crippen molar-refractivity contribution >= 4 is 17.7 Å². The predicted octanol–water partition coefficient (Wildman–Crippen LogP) is 4.36. The third-order valence-corrected chi connectivity index (χ3v) is 3.39. The van der Waals surface area contributed by atoms with E-state index in [1.807, 2.05) is 0 Å². The molecule has 0 aromatic carbocycles. The average Bonchev–Trinajstić information content (AvgIpc) is 2.49. The van der Waals surface area contributed by atoms with Gasteiger partial charge in [-0.15, -0.1) is 0 Å². The standard InChI is InChI=1S/C12H26.C6H6N2O3/c1-3-5-7-9-11-12-10-8-6-4-2;1-4(9)8(5(2)10)6(11)3-7/h3-12H2,1-2H3;1-2H3. The summed E-state index contributed by atoms with van der Waals surface area (Å²) in [6.45, 7) is 6.63. The van der Waals surface area contributed by atoms with Gasteiger partial charge in [-0.05, 0) is 0 Å². The van der Waals surface area contributed by atoms with E-state index in [0.717, 1.165) is 13.8 Å². The monoisotopic (exact) mass is 324 g/mol. The Morgan fingerprint density at radius 1 is 0.739 bits per heavy atom. The van der Waals surface area contributed by atoms with Crippen LogP contribution in [0.1, 0.15) is 91.9 Å². The maximum atomic E-state index is 10.5. The van der Waals surface area contributed by atoms with Crippen LogP contribution < -0.4 is 0 Å². The summed E-state index contributed by atoms with van der Waals surface area (Å²) in [5.41, 5.74) is 0. The first-order valence-corrected chi connectivity index (χ1v) is 8.67.